The van der Waals surface area contributed by atoms with Crippen LogP contribution in [0.15, 0.2) is 65.8 Å². The molecule has 140 valence electrons. The monoisotopic (exact) mass is 383 g/mol. The highest BCUT2D eigenvalue weighted by Crippen LogP contribution is 2.11. The van der Waals surface area contributed by atoms with E-state index in [0.29, 0.717) is 10.6 Å². The van der Waals surface area contributed by atoms with Gasteiger partial charge in [-0.15, -0.1) is 0 Å². The van der Waals surface area contributed by atoms with Crippen molar-refractivity contribution in [3.63, 3.8) is 0 Å². The zero-order chi connectivity index (χ0) is 19.6. The minimum Gasteiger partial charge on any atom is -0.340 e. The molecule has 1 unspecified atom stereocenters. The van der Waals surface area contributed by atoms with Gasteiger partial charge in [0.05, 0.1) is 0 Å². The minimum absolute atomic E-state index is 0.108. The molecule has 5 nitrogen and oxygen atoms in total. The van der Waals surface area contributed by atoms with Crippen LogP contribution in [0.1, 0.15) is 29.8 Å². The normalized spacial score (nSPS) is 12.4. The molecule has 0 radical (unpaired) electrons. The fourth-order valence-corrected chi connectivity index (χ4v) is 2.51. The van der Waals surface area contributed by atoms with Crippen LogP contribution in [0.2, 0.25) is 5.02 Å². The van der Waals surface area contributed by atoms with Gasteiger partial charge >= 0.3 is 0 Å². The molecule has 2 aromatic carbocycles. The molecule has 0 bridgehead atoms. The lowest BCUT2D eigenvalue weighted by atomic mass is 10.0. The molecule has 0 aliphatic rings. The molecule has 6 heteroatoms. The molecular formula is C21H22ClN3O2. The van der Waals surface area contributed by atoms with E-state index < -0.39 is 6.04 Å². The summed E-state index contributed by atoms with van der Waals surface area (Å²) in [5.74, 6) is -0.854. The molecule has 1 atom stereocenters. The van der Waals surface area contributed by atoms with E-state index in [9.17, 15) is 9.59 Å². The number of amides is 2. The van der Waals surface area contributed by atoms with E-state index in [-0.39, 0.29) is 17.7 Å². The lowest BCUT2D eigenvalue weighted by molar-refractivity contribution is -0.123. The summed E-state index contributed by atoms with van der Waals surface area (Å²) in [4.78, 5) is 24.7. The summed E-state index contributed by atoms with van der Waals surface area (Å²) in [6.07, 6.45) is 5.09. The molecule has 0 saturated heterocycles. The fraction of sp³-hybridized carbons (Fsp3) is 0.190. The molecule has 0 aliphatic carbocycles. The van der Waals surface area contributed by atoms with Gasteiger partial charge in [-0.2, -0.15) is 5.10 Å². The second kappa shape index (κ2) is 10.3. The maximum Gasteiger partial charge on any atom is 0.262 e. The lowest BCUT2D eigenvalue weighted by Crippen LogP contribution is -2.48. The number of hydrogen-bond acceptors (Lipinski definition) is 3. The number of hydrogen-bond donors (Lipinski definition) is 2. The first-order valence-corrected chi connectivity index (χ1v) is 8.96. The van der Waals surface area contributed by atoms with Crippen LogP contribution in [-0.4, -0.2) is 24.1 Å². The topological polar surface area (TPSA) is 70.6 Å². The van der Waals surface area contributed by atoms with Gasteiger partial charge in [0.1, 0.15) is 6.04 Å². The predicted molar refractivity (Wildman–Crippen MR) is 110 cm³/mol. The van der Waals surface area contributed by atoms with Gasteiger partial charge in [0.15, 0.2) is 0 Å². The third-order valence-corrected chi connectivity index (χ3v) is 3.98. The van der Waals surface area contributed by atoms with Gasteiger partial charge in [0.25, 0.3) is 11.8 Å². The Morgan fingerprint density at radius 1 is 1.07 bits per heavy atom. The third kappa shape index (κ3) is 6.72. The highest BCUT2D eigenvalue weighted by Gasteiger charge is 2.24. The minimum atomic E-state index is -0.716. The Bertz CT molecular complexity index is 832. The number of nitrogens with zero attached hydrogens (tertiary/aromatic N) is 1. The average molecular weight is 384 g/mol. The first kappa shape index (κ1) is 20.4. The van der Waals surface area contributed by atoms with E-state index in [1.165, 1.54) is 6.21 Å². The van der Waals surface area contributed by atoms with Gasteiger partial charge in [-0.3, -0.25) is 9.59 Å². The number of nitrogens with one attached hydrogen (secondary N) is 2. The van der Waals surface area contributed by atoms with Crippen molar-refractivity contribution < 1.29 is 9.59 Å². The number of hydrazone groups is 1. The van der Waals surface area contributed by atoms with Crippen molar-refractivity contribution >= 4 is 35.7 Å². The van der Waals surface area contributed by atoms with Crippen LogP contribution >= 0.6 is 11.6 Å². The number of carbonyl (C=O) groups excluding carboxylic acids is 2. The van der Waals surface area contributed by atoms with Crippen LogP contribution in [-0.2, 0) is 4.79 Å². The van der Waals surface area contributed by atoms with Gasteiger partial charge in [0.2, 0.25) is 0 Å². The van der Waals surface area contributed by atoms with Gasteiger partial charge in [-0.1, -0.05) is 67.9 Å². The first-order valence-electron chi connectivity index (χ1n) is 8.58. The largest absolute Gasteiger partial charge is 0.340 e. The molecule has 0 spiro atoms. The molecule has 2 N–H and O–H groups in total. The van der Waals surface area contributed by atoms with Crippen LogP contribution in [0.25, 0.3) is 6.08 Å². The molecule has 2 rings (SSSR count). The Labute approximate surface area is 164 Å². The predicted octanol–water partition coefficient (Wildman–Crippen LogP) is 3.91. The van der Waals surface area contributed by atoms with Gasteiger partial charge in [-0.05, 0) is 35.8 Å². The van der Waals surface area contributed by atoms with E-state index in [1.54, 1.807) is 30.3 Å². The Balaban J connectivity index is 1.93. The Hall–Kier alpha value is -2.92. The molecule has 27 heavy (non-hydrogen) atoms. The Morgan fingerprint density at radius 3 is 2.48 bits per heavy atom. The fourth-order valence-electron chi connectivity index (χ4n) is 2.32. The summed E-state index contributed by atoms with van der Waals surface area (Å²) >= 11 is 5.91. The molecule has 0 aromatic heterocycles. The lowest BCUT2D eigenvalue weighted by Gasteiger charge is -2.20. The van der Waals surface area contributed by atoms with E-state index in [0.717, 1.165) is 5.56 Å². The zero-order valence-electron chi connectivity index (χ0n) is 15.2. The van der Waals surface area contributed by atoms with Crippen LogP contribution in [0.3, 0.4) is 0 Å². The second-order valence-corrected chi connectivity index (χ2v) is 6.67. The number of allylic oxidation sites excluding steroid dienone is 1. The van der Waals surface area contributed by atoms with Crippen LogP contribution in [0.5, 0.6) is 0 Å². The van der Waals surface area contributed by atoms with E-state index >= 15 is 0 Å². The summed E-state index contributed by atoms with van der Waals surface area (Å²) in [5, 5.41) is 7.09. The quantitative estimate of drug-likeness (QED) is 0.562. The summed E-state index contributed by atoms with van der Waals surface area (Å²) in [6, 6.07) is 15.6. The summed E-state index contributed by atoms with van der Waals surface area (Å²) in [5.41, 5.74) is 3.89. The summed E-state index contributed by atoms with van der Waals surface area (Å²) in [7, 11) is 0. The van der Waals surface area contributed by atoms with Gasteiger partial charge < -0.3 is 5.32 Å². The molecule has 0 saturated carbocycles. The molecule has 0 aliphatic heterocycles. The van der Waals surface area contributed by atoms with Crippen molar-refractivity contribution in [3.8, 4) is 0 Å². The van der Waals surface area contributed by atoms with Crippen molar-refractivity contribution in [2.24, 2.45) is 11.0 Å². The third-order valence-electron chi connectivity index (χ3n) is 3.75. The van der Waals surface area contributed by atoms with E-state index in [4.69, 9.17) is 11.6 Å². The summed E-state index contributed by atoms with van der Waals surface area (Å²) in [6.45, 7) is 3.70. The van der Waals surface area contributed by atoms with Crippen LogP contribution in [0.4, 0.5) is 0 Å². The number of rotatable bonds is 7. The molecule has 2 amide bonds. The Morgan fingerprint density at radius 2 is 1.81 bits per heavy atom. The van der Waals surface area contributed by atoms with Crippen molar-refractivity contribution in [1.82, 2.24) is 10.7 Å². The molecular weight excluding hydrogens is 362 g/mol. The maximum atomic E-state index is 12.4. The van der Waals surface area contributed by atoms with Crippen LogP contribution in [0, 0.1) is 5.92 Å². The van der Waals surface area contributed by atoms with Gasteiger partial charge in [0, 0.05) is 16.8 Å². The first-order chi connectivity index (χ1) is 13.0. The molecule has 0 fully saturated rings. The number of benzene rings is 2. The number of halogens is 1. The van der Waals surface area contributed by atoms with Crippen LogP contribution < -0.4 is 10.7 Å². The highest BCUT2D eigenvalue weighted by molar-refractivity contribution is 6.31. The van der Waals surface area contributed by atoms with E-state index in [1.807, 2.05) is 50.3 Å². The maximum absolute atomic E-state index is 12.4. The standard InChI is InChI=1S/C21H22ClN3O2/c1-15(2)19(24-20(26)17-11-6-12-18(22)14-17)21(27)25-23-13-7-10-16-8-4-3-5-9-16/h3-15,19H,1-2H3,(H,24,26)(H,25,27). The van der Waals surface area contributed by atoms with Crippen molar-refractivity contribution in [2.75, 3.05) is 0 Å². The van der Waals surface area contributed by atoms with E-state index in [2.05, 4.69) is 15.8 Å². The Kier molecular flexibility index (Phi) is 7.77. The zero-order valence-corrected chi connectivity index (χ0v) is 16.0. The smallest absolute Gasteiger partial charge is 0.262 e. The second-order valence-electron chi connectivity index (χ2n) is 6.23. The van der Waals surface area contributed by atoms with Gasteiger partial charge in [-0.25, -0.2) is 5.43 Å². The van der Waals surface area contributed by atoms with Crippen molar-refractivity contribution in [1.29, 1.82) is 0 Å². The molecule has 2 aromatic rings. The van der Waals surface area contributed by atoms with Crippen molar-refractivity contribution in [3.05, 3.63) is 76.8 Å². The summed E-state index contributed by atoms with van der Waals surface area (Å²) < 4.78 is 0. The molecule has 0 heterocycles. The average Bonchev–Trinajstić information content (AvgIpc) is 2.66. The highest BCUT2D eigenvalue weighted by atomic mass is 35.5. The SMILES string of the molecule is CC(C)C(NC(=O)c1cccc(Cl)c1)C(=O)NN=CC=Cc1ccccc1. The number of carbonyl (C=O) groups is 2. The van der Waals surface area contributed by atoms with Crippen molar-refractivity contribution in [2.45, 2.75) is 19.9 Å².